The van der Waals surface area contributed by atoms with Gasteiger partial charge in [0, 0.05) is 12.6 Å². The standard InChI is InChI=1S/C18H15ClN2O4S/c19-16-7-13(8-17-18(16)25-11-24-17)10-21(14-3-4-14)26(22,23)15-5-1-12(9-20)2-6-15/h1-2,5-8,14H,3-4,10-11H2. The van der Waals surface area contributed by atoms with Gasteiger partial charge in [-0.2, -0.15) is 9.57 Å². The van der Waals surface area contributed by atoms with Gasteiger partial charge in [-0.15, -0.1) is 0 Å². The summed E-state index contributed by atoms with van der Waals surface area (Å²) in [7, 11) is -3.68. The van der Waals surface area contributed by atoms with E-state index < -0.39 is 10.0 Å². The number of halogens is 1. The second kappa shape index (κ2) is 6.47. The summed E-state index contributed by atoms with van der Waals surface area (Å²) in [5.74, 6) is 1.02. The third-order valence-electron chi connectivity index (χ3n) is 4.37. The fourth-order valence-electron chi connectivity index (χ4n) is 2.90. The summed E-state index contributed by atoms with van der Waals surface area (Å²) in [6.45, 7) is 0.303. The van der Waals surface area contributed by atoms with Gasteiger partial charge in [-0.05, 0) is 54.8 Å². The number of ether oxygens (including phenoxy) is 2. The first-order chi connectivity index (χ1) is 12.5. The highest BCUT2D eigenvalue weighted by Gasteiger charge is 2.38. The fourth-order valence-corrected chi connectivity index (χ4v) is 4.86. The van der Waals surface area contributed by atoms with E-state index in [-0.39, 0.29) is 24.3 Å². The van der Waals surface area contributed by atoms with E-state index in [1.165, 1.54) is 28.6 Å². The van der Waals surface area contributed by atoms with Crippen molar-refractivity contribution >= 4 is 21.6 Å². The molecular formula is C18H15ClN2O4S. The minimum Gasteiger partial charge on any atom is -0.454 e. The topological polar surface area (TPSA) is 79.6 Å². The van der Waals surface area contributed by atoms with E-state index >= 15 is 0 Å². The SMILES string of the molecule is N#Cc1ccc(S(=O)(=O)N(Cc2cc(Cl)c3c(c2)OCO3)C2CC2)cc1. The number of nitrogens with zero attached hydrogens (tertiary/aromatic N) is 2. The Morgan fingerprint density at radius 1 is 1.19 bits per heavy atom. The fraction of sp³-hybridized carbons (Fsp3) is 0.278. The van der Waals surface area contributed by atoms with E-state index in [9.17, 15) is 8.42 Å². The van der Waals surface area contributed by atoms with Crippen LogP contribution < -0.4 is 9.47 Å². The van der Waals surface area contributed by atoms with Gasteiger partial charge >= 0.3 is 0 Å². The molecule has 0 radical (unpaired) electrons. The summed E-state index contributed by atoms with van der Waals surface area (Å²) >= 11 is 6.21. The number of nitriles is 1. The number of benzene rings is 2. The zero-order chi connectivity index (χ0) is 18.3. The van der Waals surface area contributed by atoms with E-state index in [1.54, 1.807) is 12.1 Å². The summed E-state index contributed by atoms with van der Waals surface area (Å²) in [6.07, 6.45) is 1.65. The molecule has 8 heteroatoms. The maximum Gasteiger partial charge on any atom is 0.243 e. The molecule has 4 rings (SSSR count). The van der Waals surface area contributed by atoms with E-state index in [2.05, 4.69) is 0 Å². The Bertz CT molecular complexity index is 995. The normalized spacial score (nSPS) is 15.9. The van der Waals surface area contributed by atoms with Crippen LogP contribution in [0.5, 0.6) is 11.5 Å². The maximum atomic E-state index is 13.1. The van der Waals surface area contributed by atoms with Gasteiger partial charge in [0.25, 0.3) is 0 Å². The van der Waals surface area contributed by atoms with Gasteiger partial charge in [-0.25, -0.2) is 8.42 Å². The number of rotatable bonds is 5. The third-order valence-corrected chi connectivity index (χ3v) is 6.56. The molecule has 1 heterocycles. The summed E-state index contributed by atoms with van der Waals surface area (Å²) < 4.78 is 38.3. The summed E-state index contributed by atoms with van der Waals surface area (Å²) in [6, 6.07) is 11.4. The third kappa shape index (κ3) is 3.12. The van der Waals surface area contributed by atoms with Crippen molar-refractivity contribution in [2.45, 2.75) is 30.3 Å². The van der Waals surface area contributed by atoms with Crippen molar-refractivity contribution in [1.29, 1.82) is 5.26 Å². The molecule has 2 aliphatic rings. The van der Waals surface area contributed by atoms with Crippen LogP contribution in [0.3, 0.4) is 0 Å². The lowest BCUT2D eigenvalue weighted by Gasteiger charge is -2.22. The lowest BCUT2D eigenvalue weighted by atomic mass is 10.2. The van der Waals surface area contributed by atoms with Gasteiger partial charge in [0.2, 0.25) is 16.8 Å². The van der Waals surface area contributed by atoms with Gasteiger partial charge in [0.1, 0.15) is 0 Å². The quantitative estimate of drug-likeness (QED) is 0.782. The zero-order valence-corrected chi connectivity index (χ0v) is 15.3. The molecule has 1 aliphatic carbocycles. The minimum absolute atomic E-state index is 0.0279. The first-order valence-corrected chi connectivity index (χ1v) is 9.91. The minimum atomic E-state index is -3.68. The van der Waals surface area contributed by atoms with Crippen LogP contribution in [-0.2, 0) is 16.6 Å². The van der Waals surface area contributed by atoms with Crippen molar-refractivity contribution in [3.05, 3.63) is 52.5 Å². The molecule has 0 bridgehead atoms. The Kier molecular flexibility index (Phi) is 4.27. The molecule has 1 saturated carbocycles. The predicted octanol–water partition coefficient (Wildman–Crippen LogP) is 3.29. The lowest BCUT2D eigenvalue weighted by Crippen LogP contribution is -2.32. The van der Waals surface area contributed by atoms with Gasteiger partial charge in [-0.3, -0.25) is 0 Å². The molecule has 0 N–H and O–H groups in total. The highest BCUT2D eigenvalue weighted by Crippen LogP contribution is 2.41. The average molecular weight is 391 g/mol. The van der Waals surface area contributed by atoms with Crippen molar-refractivity contribution < 1.29 is 17.9 Å². The number of hydrogen-bond acceptors (Lipinski definition) is 5. The Labute approximate surface area is 156 Å². The summed E-state index contributed by atoms with van der Waals surface area (Å²) in [5.41, 5.74) is 1.16. The first kappa shape index (κ1) is 17.2. The molecule has 26 heavy (non-hydrogen) atoms. The molecule has 2 aromatic rings. The van der Waals surface area contributed by atoms with E-state index in [0.29, 0.717) is 22.1 Å². The maximum absolute atomic E-state index is 13.1. The van der Waals surface area contributed by atoms with E-state index in [0.717, 1.165) is 18.4 Å². The van der Waals surface area contributed by atoms with Crippen LogP contribution in [0.1, 0.15) is 24.0 Å². The second-order valence-electron chi connectivity index (χ2n) is 6.23. The molecule has 0 spiro atoms. The van der Waals surface area contributed by atoms with E-state index in [1.807, 2.05) is 6.07 Å². The summed E-state index contributed by atoms with van der Waals surface area (Å²) in [5, 5.41) is 9.30. The number of sulfonamides is 1. The van der Waals surface area contributed by atoms with Crippen LogP contribution >= 0.6 is 11.6 Å². The summed E-state index contributed by atoms with van der Waals surface area (Å²) in [4.78, 5) is 0.176. The molecule has 0 aromatic heterocycles. The van der Waals surface area contributed by atoms with E-state index in [4.69, 9.17) is 26.3 Å². The van der Waals surface area contributed by atoms with Gasteiger partial charge in [0.05, 0.1) is 21.6 Å². The largest absolute Gasteiger partial charge is 0.454 e. The average Bonchev–Trinajstić information content (AvgIpc) is 3.36. The van der Waals surface area contributed by atoms with Crippen LogP contribution in [-0.4, -0.2) is 25.6 Å². The van der Waals surface area contributed by atoms with Gasteiger partial charge in [0.15, 0.2) is 11.5 Å². The van der Waals surface area contributed by atoms with Crippen molar-refractivity contribution in [2.75, 3.05) is 6.79 Å². The molecule has 2 aromatic carbocycles. The van der Waals surface area contributed by atoms with Crippen molar-refractivity contribution in [2.24, 2.45) is 0 Å². The molecule has 1 aliphatic heterocycles. The highest BCUT2D eigenvalue weighted by molar-refractivity contribution is 7.89. The van der Waals surface area contributed by atoms with Crippen LogP contribution in [0, 0.1) is 11.3 Å². The van der Waals surface area contributed by atoms with Gasteiger partial charge < -0.3 is 9.47 Å². The number of fused-ring (bicyclic) bond motifs is 1. The molecule has 1 fully saturated rings. The van der Waals surface area contributed by atoms with Crippen molar-refractivity contribution in [3.8, 4) is 17.6 Å². The second-order valence-corrected chi connectivity index (χ2v) is 8.53. The zero-order valence-electron chi connectivity index (χ0n) is 13.7. The Morgan fingerprint density at radius 3 is 2.58 bits per heavy atom. The van der Waals surface area contributed by atoms with Crippen LogP contribution in [0.15, 0.2) is 41.3 Å². The van der Waals surface area contributed by atoms with Gasteiger partial charge in [-0.1, -0.05) is 11.6 Å². The van der Waals surface area contributed by atoms with Crippen molar-refractivity contribution in [3.63, 3.8) is 0 Å². The molecule has 0 atom stereocenters. The molecular weight excluding hydrogens is 376 g/mol. The monoisotopic (exact) mass is 390 g/mol. The molecule has 0 amide bonds. The molecule has 0 saturated heterocycles. The Morgan fingerprint density at radius 2 is 1.92 bits per heavy atom. The number of hydrogen-bond donors (Lipinski definition) is 0. The first-order valence-electron chi connectivity index (χ1n) is 8.09. The highest BCUT2D eigenvalue weighted by atomic mass is 35.5. The predicted molar refractivity (Wildman–Crippen MR) is 94.5 cm³/mol. The van der Waals surface area contributed by atoms with Crippen LogP contribution in [0.25, 0.3) is 0 Å². The molecule has 6 nitrogen and oxygen atoms in total. The van der Waals surface area contributed by atoms with Crippen molar-refractivity contribution in [1.82, 2.24) is 4.31 Å². The smallest absolute Gasteiger partial charge is 0.243 e. The Hall–Kier alpha value is -2.27. The van der Waals surface area contributed by atoms with Crippen LogP contribution in [0.4, 0.5) is 0 Å². The lowest BCUT2D eigenvalue weighted by molar-refractivity contribution is 0.174. The Balaban J connectivity index is 1.66. The van der Waals surface area contributed by atoms with Crippen LogP contribution in [0.2, 0.25) is 5.02 Å². The molecule has 134 valence electrons. The molecule has 0 unspecified atom stereocenters.